The van der Waals surface area contributed by atoms with E-state index < -0.39 is 28.0 Å². The highest BCUT2D eigenvalue weighted by atomic mass is 79.9. The number of halogens is 2. The molecule has 0 heterocycles. The summed E-state index contributed by atoms with van der Waals surface area (Å²) in [4.78, 5) is 24.4. The van der Waals surface area contributed by atoms with Crippen LogP contribution in [0.3, 0.4) is 0 Å². The molecule has 0 fully saturated rings. The van der Waals surface area contributed by atoms with E-state index in [1.807, 2.05) is 0 Å². The van der Waals surface area contributed by atoms with Gasteiger partial charge in [0.2, 0.25) is 10.0 Å². The first kappa shape index (κ1) is 21.4. The van der Waals surface area contributed by atoms with Gasteiger partial charge in [0, 0.05) is 15.2 Å². The average Bonchev–Trinajstić information content (AvgIpc) is 2.57. The van der Waals surface area contributed by atoms with Crippen molar-refractivity contribution in [2.75, 3.05) is 5.32 Å². The smallest absolute Gasteiger partial charge is 0.340 e. The van der Waals surface area contributed by atoms with E-state index in [1.165, 1.54) is 19.1 Å². The summed E-state index contributed by atoms with van der Waals surface area (Å²) in [5, 5.41) is 8.15. The van der Waals surface area contributed by atoms with Crippen molar-refractivity contribution in [1.82, 2.24) is 0 Å². The molecule has 3 N–H and O–H groups in total. The summed E-state index contributed by atoms with van der Waals surface area (Å²) in [6.45, 7) is 3.18. The third-order valence-electron chi connectivity index (χ3n) is 3.60. The van der Waals surface area contributed by atoms with Gasteiger partial charge in [-0.05, 0) is 65.7 Å². The summed E-state index contributed by atoms with van der Waals surface area (Å²) in [7, 11) is -3.99. The van der Waals surface area contributed by atoms with E-state index in [-0.39, 0.29) is 10.5 Å². The van der Waals surface area contributed by atoms with Crippen LogP contribution in [0.4, 0.5) is 5.69 Å². The van der Waals surface area contributed by atoms with Gasteiger partial charge in [0.15, 0.2) is 6.10 Å². The third-order valence-corrected chi connectivity index (χ3v) is 5.43. The highest BCUT2D eigenvalue weighted by Crippen LogP contribution is 2.23. The molecular formula is C17H16BrClN2O5S. The fourth-order valence-corrected chi connectivity index (χ4v) is 3.20. The number of esters is 1. The second-order valence-electron chi connectivity index (χ2n) is 5.68. The van der Waals surface area contributed by atoms with Gasteiger partial charge in [-0.1, -0.05) is 17.7 Å². The van der Waals surface area contributed by atoms with Crippen molar-refractivity contribution < 1.29 is 22.7 Å². The molecule has 0 bridgehead atoms. The van der Waals surface area contributed by atoms with Crippen molar-refractivity contribution in [2.45, 2.75) is 24.8 Å². The second kappa shape index (κ2) is 8.39. The Morgan fingerprint density at radius 1 is 1.22 bits per heavy atom. The first-order valence-corrected chi connectivity index (χ1v) is 10.3. The zero-order valence-corrected chi connectivity index (χ0v) is 17.5. The maximum atomic E-state index is 12.3. The van der Waals surface area contributed by atoms with E-state index in [4.69, 9.17) is 21.5 Å². The molecule has 2 aromatic carbocycles. The van der Waals surface area contributed by atoms with Crippen LogP contribution in [0.5, 0.6) is 0 Å². The number of rotatable bonds is 5. The fraction of sp³-hybridized carbons (Fsp3) is 0.176. The third kappa shape index (κ3) is 5.52. The van der Waals surface area contributed by atoms with E-state index in [9.17, 15) is 18.0 Å². The van der Waals surface area contributed by atoms with Crippen molar-refractivity contribution in [3.63, 3.8) is 0 Å². The molecule has 7 nitrogen and oxygen atoms in total. The van der Waals surface area contributed by atoms with Crippen molar-refractivity contribution in [3.8, 4) is 0 Å². The number of carbonyl (C=O) groups excluding carboxylic acids is 2. The highest BCUT2D eigenvalue weighted by Gasteiger charge is 2.22. The number of aryl methyl sites for hydroxylation is 1. The Morgan fingerprint density at radius 2 is 1.89 bits per heavy atom. The van der Waals surface area contributed by atoms with Crippen LogP contribution in [0.15, 0.2) is 45.8 Å². The molecule has 0 saturated carbocycles. The molecule has 0 spiro atoms. The number of hydrogen-bond acceptors (Lipinski definition) is 5. The zero-order chi connectivity index (χ0) is 20.4. The quantitative estimate of drug-likeness (QED) is 0.644. The molecule has 0 radical (unpaired) electrons. The van der Waals surface area contributed by atoms with Crippen LogP contribution in [0.2, 0.25) is 5.02 Å². The Bertz CT molecular complexity index is 1010. The van der Waals surface area contributed by atoms with Crippen LogP contribution in [0.25, 0.3) is 0 Å². The van der Waals surface area contributed by atoms with E-state index in [0.717, 1.165) is 11.6 Å². The summed E-state index contributed by atoms with van der Waals surface area (Å²) in [6.07, 6.45) is -1.14. The maximum absolute atomic E-state index is 12.3. The maximum Gasteiger partial charge on any atom is 0.340 e. The first-order valence-electron chi connectivity index (χ1n) is 7.59. The number of anilines is 1. The molecule has 0 aliphatic heterocycles. The lowest BCUT2D eigenvalue weighted by Gasteiger charge is -2.15. The summed E-state index contributed by atoms with van der Waals surface area (Å²) in [5.41, 5.74) is 1.21. The van der Waals surface area contributed by atoms with Gasteiger partial charge in [0.05, 0.1) is 10.5 Å². The molecule has 1 amide bonds. The molecular weight excluding hydrogens is 460 g/mol. The number of amides is 1. The summed E-state index contributed by atoms with van der Waals surface area (Å²) < 4.78 is 28.3. The molecule has 144 valence electrons. The molecule has 2 rings (SSSR count). The molecule has 27 heavy (non-hydrogen) atoms. The van der Waals surface area contributed by atoms with Gasteiger partial charge >= 0.3 is 5.97 Å². The average molecular weight is 476 g/mol. The minimum Gasteiger partial charge on any atom is -0.449 e. The number of primary sulfonamides is 1. The zero-order valence-electron chi connectivity index (χ0n) is 14.3. The number of nitrogens with two attached hydrogens (primary N) is 1. The molecule has 0 aromatic heterocycles. The minimum absolute atomic E-state index is 0.0693. The van der Waals surface area contributed by atoms with Gasteiger partial charge in [-0.3, -0.25) is 4.79 Å². The van der Waals surface area contributed by atoms with E-state index in [1.54, 1.807) is 25.1 Å². The molecule has 1 atom stereocenters. The second-order valence-corrected chi connectivity index (χ2v) is 8.53. The van der Waals surface area contributed by atoms with E-state index in [0.29, 0.717) is 15.2 Å². The van der Waals surface area contributed by atoms with Crippen molar-refractivity contribution >= 4 is 55.1 Å². The minimum atomic E-state index is -3.99. The molecule has 0 saturated heterocycles. The summed E-state index contributed by atoms with van der Waals surface area (Å²) in [6, 6.07) is 8.68. The molecule has 10 heteroatoms. The first-order chi connectivity index (χ1) is 12.5. The Hall–Kier alpha value is -1.94. The largest absolute Gasteiger partial charge is 0.449 e. The van der Waals surface area contributed by atoms with Crippen molar-refractivity contribution in [1.29, 1.82) is 0 Å². The number of hydrogen-bond donors (Lipinski definition) is 2. The summed E-state index contributed by atoms with van der Waals surface area (Å²) in [5.74, 6) is -1.44. The molecule has 0 aliphatic carbocycles. The predicted octanol–water partition coefficient (Wildman–Crippen LogP) is 3.24. The molecule has 0 aliphatic rings. The van der Waals surface area contributed by atoms with Gasteiger partial charge < -0.3 is 10.1 Å². The predicted molar refractivity (Wildman–Crippen MR) is 105 cm³/mol. The summed E-state index contributed by atoms with van der Waals surface area (Å²) >= 11 is 9.06. The number of benzene rings is 2. The Kier molecular flexibility index (Phi) is 6.63. The number of sulfonamides is 1. The number of carbonyl (C=O) groups is 2. The van der Waals surface area contributed by atoms with Crippen LogP contribution in [-0.2, 0) is 19.6 Å². The standard InChI is InChI=1S/C17H16BrClN2O5S/c1-9-3-4-11(19)7-15(9)21-16(22)10(2)26-17(23)13-8-12(27(20,24)25)5-6-14(13)18/h3-8,10H,1-2H3,(H,21,22)(H2,20,24,25). The number of nitrogens with one attached hydrogen (secondary N) is 1. The van der Waals surface area contributed by atoms with Crippen molar-refractivity contribution in [3.05, 3.63) is 57.0 Å². The Morgan fingerprint density at radius 3 is 2.52 bits per heavy atom. The normalized spacial score (nSPS) is 12.3. The molecule has 1 unspecified atom stereocenters. The van der Waals surface area contributed by atoms with Crippen LogP contribution in [0.1, 0.15) is 22.8 Å². The lowest BCUT2D eigenvalue weighted by atomic mass is 10.2. The van der Waals surface area contributed by atoms with Gasteiger partial charge in [0.1, 0.15) is 0 Å². The van der Waals surface area contributed by atoms with Gasteiger partial charge in [-0.2, -0.15) is 0 Å². The number of ether oxygens (including phenoxy) is 1. The SMILES string of the molecule is Cc1ccc(Cl)cc1NC(=O)C(C)OC(=O)c1cc(S(N)(=O)=O)ccc1Br. The van der Waals surface area contributed by atoms with Gasteiger partial charge in [0.25, 0.3) is 5.91 Å². The monoisotopic (exact) mass is 474 g/mol. The van der Waals surface area contributed by atoms with E-state index in [2.05, 4.69) is 21.2 Å². The van der Waals surface area contributed by atoms with Gasteiger partial charge in [-0.15, -0.1) is 0 Å². The van der Waals surface area contributed by atoms with E-state index >= 15 is 0 Å². The Labute approximate surface area is 170 Å². The topological polar surface area (TPSA) is 116 Å². The lowest BCUT2D eigenvalue weighted by Crippen LogP contribution is -2.30. The van der Waals surface area contributed by atoms with Crippen LogP contribution >= 0.6 is 27.5 Å². The van der Waals surface area contributed by atoms with Crippen LogP contribution in [-0.4, -0.2) is 26.4 Å². The molecule has 2 aromatic rings. The van der Waals surface area contributed by atoms with Gasteiger partial charge in [-0.25, -0.2) is 18.4 Å². The highest BCUT2D eigenvalue weighted by molar-refractivity contribution is 9.10. The fourth-order valence-electron chi connectivity index (χ4n) is 2.08. The Balaban J connectivity index is 2.15. The lowest BCUT2D eigenvalue weighted by molar-refractivity contribution is -0.123. The van der Waals surface area contributed by atoms with Crippen LogP contribution in [0, 0.1) is 6.92 Å². The van der Waals surface area contributed by atoms with Crippen LogP contribution < -0.4 is 10.5 Å². The van der Waals surface area contributed by atoms with Crippen molar-refractivity contribution in [2.24, 2.45) is 5.14 Å².